The van der Waals surface area contributed by atoms with Crippen molar-refractivity contribution in [3.63, 3.8) is 0 Å². The number of sulfonamides is 2. The lowest BCUT2D eigenvalue weighted by atomic mass is 10.1. The molecule has 6 nitrogen and oxygen atoms in total. The molecule has 8 heteroatoms. The molecular weight excluding hydrogens is 384 g/mol. The molecular formula is C19H26N2O4S2. The summed E-state index contributed by atoms with van der Waals surface area (Å²) in [7, 11) is -5.82. The van der Waals surface area contributed by atoms with Crippen LogP contribution in [0.4, 0.5) is 0 Å². The Hall–Kier alpha value is -1.74. The van der Waals surface area contributed by atoms with Crippen molar-refractivity contribution in [3.05, 3.63) is 59.7 Å². The predicted molar refractivity (Wildman–Crippen MR) is 106 cm³/mol. The molecule has 0 aliphatic carbocycles. The molecule has 0 aromatic heterocycles. The van der Waals surface area contributed by atoms with Crippen molar-refractivity contribution < 1.29 is 16.8 Å². The summed E-state index contributed by atoms with van der Waals surface area (Å²) < 4.78 is 53.2. The smallest absolute Gasteiger partial charge is 0.207 e. The van der Waals surface area contributed by atoms with E-state index in [4.69, 9.17) is 0 Å². The first-order valence-electron chi connectivity index (χ1n) is 8.75. The highest BCUT2D eigenvalue weighted by molar-refractivity contribution is 7.89. The van der Waals surface area contributed by atoms with Crippen molar-refractivity contribution in [1.82, 2.24) is 8.61 Å². The molecule has 0 bridgehead atoms. The summed E-state index contributed by atoms with van der Waals surface area (Å²) in [6.07, 6.45) is 0. The second-order valence-electron chi connectivity index (χ2n) is 6.31. The van der Waals surface area contributed by atoms with Gasteiger partial charge in [-0.2, -0.15) is 8.61 Å². The molecule has 148 valence electrons. The van der Waals surface area contributed by atoms with Crippen LogP contribution in [0.2, 0.25) is 0 Å². The van der Waals surface area contributed by atoms with Gasteiger partial charge >= 0.3 is 0 Å². The molecule has 0 radical (unpaired) electrons. The fourth-order valence-corrected chi connectivity index (χ4v) is 5.33. The van der Waals surface area contributed by atoms with Crippen LogP contribution in [0.5, 0.6) is 0 Å². The van der Waals surface area contributed by atoms with E-state index in [1.807, 2.05) is 31.2 Å². The molecule has 0 aliphatic heterocycles. The Bertz CT molecular complexity index is 963. The highest BCUT2D eigenvalue weighted by atomic mass is 32.2. The Morgan fingerprint density at radius 1 is 0.741 bits per heavy atom. The quantitative estimate of drug-likeness (QED) is 0.671. The van der Waals surface area contributed by atoms with Gasteiger partial charge in [-0.05, 0) is 36.8 Å². The predicted octanol–water partition coefficient (Wildman–Crippen LogP) is 2.85. The second kappa shape index (κ2) is 8.52. The third-order valence-corrected chi connectivity index (χ3v) is 8.28. The van der Waals surface area contributed by atoms with Crippen molar-refractivity contribution in [2.24, 2.45) is 0 Å². The molecule has 2 aromatic carbocycles. The molecule has 0 heterocycles. The van der Waals surface area contributed by atoms with Crippen LogP contribution >= 0.6 is 0 Å². The number of aryl methyl sites for hydroxylation is 1. The summed E-state index contributed by atoms with van der Waals surface area (Å²) >= 11 is 0. The molecule has 0 unspecified atom stereocenters. The summed E-state index contributed by atoms with van der Waals surface area (Å²) in [5.41, 5.74) is 1.99. The van der Waals surface area contributed by atoms with E-state index in [0.717, 1.165) is 11.1 Å². The van der Waals surface area contributed by atoms with E-state index in [0.29, 0.717) is 13.1 Å². The van der Waals surface area contributed by atoms with Gasteiger partial charge in [-0.15, -0.1) is 0 Å². The van der Waals surface area contributed by atoms with Crippen LogP contribution in [0, 0.1) is 6.92 Å². The van der Waals surface area contributed by atoms with E-state index >= 15 is 0 Å². The van der Waals surface area contributed by atoms with Crippen LogP contribution in [-0.2, 0) is 26.6 Å². The number of hydrogen-bond donors (Lipinski definition) is 0. The zero-order chi connectivity index (χ0) is 20.2. The second-order valence-corrected chi connectivity index (χ2v) is 10.3. The van der Waals surface area contributed by atoms with E-state index in [1.165, 1.54) is 39.9 Å². The minimum absolute atomic E-state index is 0.0654. The number of benzene rings is 2. The average Bonchev–Trinajstić information content (AvgIpc) is 2.64. The largest absolute Gasteiger partial charge is 0.243 e. The van der Waals surface area contributed by atoms with E-state index in [9.17, 15) is 16.8 Å². The maximum absolute atomic E-state index is 12.8. The SMILES string of the molecule is CCN(CC)S(=O)(=O)c1ccc(S(=O)(=O)N(C)Cc2ccc(C)cc2)cc1. The van der Waals surface area contributed by atoms with E-state index in [2.05, 4.69) is 0 Å². The topological polar surface area (TPSA) is 74.8 Å². The molecule has 27 heavy (non-hydrogen) atoms. The van der Waals surface area contributed by atoms with Crippen LogP contribution < -0.4 is 0 Å². The monoisotopic (exact) mass is 410 g/mol. The lowest BCUT2D eigenvalue weighted by Crippen LogP contribution is -2.30. The minimum Gasteiger partial charge on any atom is -0.207 e. The summed E-state index contributed by atoms with van der Waals surface area (Å²) in [4.78, 5) is 0.155. The van der Waals surface area contributed by atoms with Gasteiger partial charge in [-0.25, -0.2) is 16.8 Å². The van der Waals surface area contributed by atoms with E-state index < -0.39 is 20.0 Å². The van der Waals surface area contributed by atoms with Gasteiger partial charge in [0, 0.05) is 26.7 Å². The highest BCUT2D eigenvalue weighted by Crippen LogP contribution is 2.21. The lowest BCUT2D eigenvalue weighted by Gasteiger charge is -2.20. The molecule has 0 amide bonds. The van der Waals surface area contributed by atoms with Crippen molar-refractivity contribution >= 4 is 20.0 Å². The zero-order valence-electron chi connectivity index (χ0n) is 16.1. The maximum atomic E-state index is 12.8. The molecule has 0 saturated heterocycles. The molecule has 0 saturated carbocycles. The van der Waals surface area contributed by atoms with Gasteiger partial charge in [0.15, 0.2) is 0 Å². The average molecular weight is 411 g/mol. The minimum atomic E-state index is -3.72. The molecule has 0 N–H and O–H groups in total. The Labute approximate surface area is 162 Å². The van der Waals surface area contributed by atoms with Crippen LogP contribution in [0.3, 0.4) is 0 Å². The third kappa shape index (κ3) is 4.76. The van der Waals surface area contributed by atoms with Gasteiger partial charge < -0.3 is 0 Å². The summed E-state index contributed by atoms with van der Waals surface area (Å²) in [5.74, 6) is 0. The van der Waals surface area contributed by atoms with Gasteiger partial charge in [0.2, 0.25) is 20.0 Å². The molecule has 0 fully saturated rings. The third-order valence-electron chi connectivity index (χ3n) is 4.40. The van der Waals surface area contributed by atoms with Gasteiger partial charge in [0.25, 0.3) is 0 Å². The van der Waals surface area contributed by atoms with Gasteiger partial charge in [0.1, 0.15) is 0 Å². The normalized spacial score (nSPS) is 12.7. The fraction of sp³-hybridized carbons (Fsp3) is 0.368. The lowest BCUT2D eigenvalue weighted by molar-refractivity contribution is 0.445. The van der Waals surface area contributed by atoms with Crippen LogP contribution in [-0.4, -0.2) is 45.6 Å². The van der Waals surface area contributed by atoms with Crippen LogP contribution in [0.1, 0.15) is 25.0 Å². The Morgan fingerprint density at radius 2 is 1.19 bits per heavy atom. The Morgan fingerprint density at radius 3 is 1.63 bits per heavy atom. The van der Waals surface area contributed by atoms with E-state index in [-0.39, 0.29) is 16.3 Å². The summed E-state index contributed by atoms with van der Waals surface area (Å²) in [5, 5.41) is 0. The first-order chi connectivity index (χ1) is 12.6. The van der Waals surface area contributed by atoms with Gasteiger partial charge in [-0.1, -0.05) is 43.7 Å². The number of hydrogen-bond acceptors (Lipinski definition) is 4. The first kappa shape index (κ1) is 21.6. The van der Waals surface area contributed by atoms with Crippen LogP contribution in [0.25, 0.3) is 0 Å². The van der Waals surface area contributed by atoms with E-state index in [1.54, 1.807) is 13.8 Å². The van der Waals surface area contributed by atoms with Crippen LogP contribution in [0.15, 0.2) is 58.3 Å². The Kier molecular flexibility index (Phi) is 6.80. The molecule has 0 spiro atoms. The Balaban J connectivity index is 2.25. The van der Waals surface area contributed by atoms with Crippen molar-refractivity contribution in [2.45, 2.75) is 37.1 Å². The number of nitrogens with zero attached hydrogens (tertiary/aromatic N) is 2. The first-order valence-corrected chi connectivity index (χ1v) is 11.6. The maximum Gasteiger partial charge on any atom is 0.243 e. The molecule has 0 aliphatic rings. The highest BCUT2D eigenvalue weighted by Gasteiger charge is 2.24. The summed E-state index contributed by atoms with van der Waals surface area (Å²) in [6.45, 7) is 6.45. The van der Waals surface area contributed by atoms with Crippen molar-refractivity contribution in [3.8, 4) is 0 Å². The van der Waals surface area contributed by atoms with Gasteiger partial charge in [-0.3, -0.25) is 0 Å². The van der Waals surface area contributed by atoms with Crippen molar-refractivity contribution in [1.29, 1.82) is 0 Å². The molecule has 2 rings (SSSR count). The standard InChI is InChI=1S/C19H26N2O4S2/c1-5-21(6-2)27(24,25)19-13-11-18(12-14-19)26(22,23)20(4)15-17-9-7-16(3)8-10-17/h7-14H,5-6,15H2,1-4H3. The fourth-order valence-electron chi connectivity index (χ4n) is 2.71. The van der Waals surface area contributed by atoms with Gasteiger partial charge in [0.05, 0.1) is 9.79 Å². The van der Waals surface area contributed by atoms with Crippen molar-refractivity contribution in [2.75, 3.05) is 20.1 Å². The molecule has 2 aromatic rings. The zero-order valence-corrected chi connectivity index (χ0v) is 17.7. The summed E-state index contributed by atoms with van der Waals surface area (Å²) in [6, 6.07) is 13.0. The molecule has 0 atom stereocenters. The number of rotatable bonds is 8.